The van der Waals surface area contributed by atoms with E-state index in [0.29, 0.717) is 0 Å². The van der Waals surface area contributed by atoms with Gasteiger partial charge in [0.25, 0.3) is 0 Å². The molecule has 0 saturated heterocycles. The summed E-state index contributed by atoms with van der Waals surface area (Å²) >= 11 is 8.14. The molecule has 0 aliphatic rings. The average molecular weight is 302 g/mol. The maximum absolute atomic E-state index is 6.31. The molecular formula is C14H24ClN3S. The number of pyridine rings is 1. The summed E-state index contributed by atoms with van der Waals surface area (Å²) in [4.78, 5) is 6.57. The molecule has 0 aromatic carbocycles. The van der Waals surface area contributed by atoms with E-state index in [2.05, 4.69) is 42.2 Å². The number of thioether (sulfide) groups is 1. The van der Waals surface area contributed by atoms with Crippen molar-refractivity contribution in [2.24, 2.45) is 0 Å². The second-order valence-electron chi connectivity index (χ2n) is 5.67. The van der Waals surface area contributed by atoms with Crippen LogP contribution >= 0.6 is 23.4 Å². The Balaban J connectivity index is 2.69. The molecule has 5 heteroatoms. The topological polar surface area (TPSA) is 28.2 Å². The lowest BCUT2D eigenvalue weighted by Gasteiger charge is -2.22. The SMILES string of the molecule is CSCCN(C)c1ncc(CNC(C)(C)C)cc1Cl. The molecule has 0 unspecified atom stereocenters. The summed E-state index contributed by atoms with van der Waals surface area (Å²) in [5.41, 5.74) is 1.21. The fraction of sp³-hybridized carbons (Fsp3) is 0.643. The third-order valence-corrected chi connectivity index (χ3v) is 3.56. The van der Waals surface area contributed by atoms with Crippen LogP contribution in [0.25, 0.3) is 0 Å². The maximum atomic E-state index is 6.31. The average Bonchev–Trinajstić information content (AvgIpc) is 2.32. The first-order valence-corrected chi connectivity index (χ1v) is 8.20. The minimum atomic E-state index is 0.0975. The lowest BCUT2D eigenvalue weighted by molar-refractivity contribution is 0.424. The number of rotatable bonds is 6. The number of anilines is 1. The molecule has 1 N–H and O–H groups in total. The molecule has 0 aliphatic carbocycles. The fourth-order valence-corrected chi connectivity index (χ4v) is 2.34. The van der Waals surface area contributed by atoms with Gasteiger partial charge in [-0.25, -0.2) is 4.98 Å². The summed E-state index contributed by atoms with van der Waals surface area (Å²) in [6.07, 6.45) is 4.00. The number of hydrogen-bond acceptors (Lipinski definition) is 4. The molecule has 1 rings (SSSR count). The highest BCUT2D eigenvalue weighted by atomic mass is 35.5. The monoisotopic (exact) mass is 301 g/mol. The first kappa shape index (κ1) is 16.6. The van der Waals surface area contributed by atoms with Gasteiger partial charge in [0.1, 0.15) is 5.82 Å². The molecule has 0 spiro atoms. The second kappa shape index (κ2) is 7.36. The Labute approximate surface area is 126 Å². The van der Waals surface area contributed by atoms with Crippen molar-refractivity contribution in [1.29, 1.82) is 0 Å². The Morgan fingerprint density at radius 1 is 1.42 bits per heavy atom. The number of aromatic nitrogens is 1. The van der Waals surface area contributed by atoms with E-state index >= 15 is 0 Å². The van der Waals surface area contributed by atoms with Gasteiger partial charge in [-0.3, -0.25) is 0 Å². The third-order valence-electron chi connectivity index (χ3n) is 2.69. The largest absolute Gasteiger partial charge is 0.358 e. The number of nitrogens with one attached hydrogen (secondary N) is 1. The molecule has 0 amide bonds. The predicted octanol–water partition coefficient (Wildman–Crippen LogP) is 3.42. The normalized spacial score (nSPS) is 11.7. The van der Waals surface area contributed by atoms with Gasteiger partial charge in [-0.05, 0) is 38.7 Å². The number of nitrogens with zero attached hydrogens (tertiary/aromatic N) is 2. The molecule has 1 aromatic rings. The number of hydrogen-bond donors (Lipinski definition) is 1. The summed E-state index contributed by atoms with van der Waals surface area (Å²) in [6, 6.07) is 2.00. The molecule has 108 valence electrons. The zero-order chi connectivity index (χ0) is 14.5. The van der Waals surface area contributed by atoms with Crippen LogP contribution in [0.1, 0.15) is 26.3 Å². The van der Waals surface area contributed by atoms with Gasteiger partial charge in [0.2, 0.25) is 0 Å². The minimum Gasteiger partial charge on any atom is -0.358 e. The molecule has 0 fully saturated rings. The van der Waals surface area contributed by atoms with Crippen molar-refractivity contribution < 1.29 is 0 Å². The van der Waals surface area contributed by atoms with E-state index in [9.17, 15) is 0 Å². The zero-order valence-corrected chi connectivity index (χ0v) is 14.0. The van der Waals surface area contributed by atoms with Gasteiger partial charge in [0.15, 0.2) is 0 Å². The van der Waals surface area contributed by atoms with Crippen molar-refractivity contribution in [3.05, 3.63) is 22.8 Å². The molecule has 0 atom stereocenters. The van der Waals surface area contributed by atoms with Crippen LogP contribution in [-0.2, 0) is 6.54 Å². The Hall–Kier alpha value is -0.450. The molecule has 0 radical (unpaired) electrons. The van der Waals surface area contributed by atoms with Gasteiger partial charge in [-0.1, -0.05) is 11.6 Å². The third kappa shape index (κ3) is 6.02. The second-order valence-corrected chi connectivity index (χ2v) is 7.06. The van der Waals surface area contributed by atoms with Crippen LogP contribution in [0.2, 0.25) is 5.02 Å². The Bertz CT molecular complexity index is 404. The molecule has 3 nitrogen and oxygen atoms in total. The van der Waals surface area contributed by atoms with Crippen LogP contribution in [0.3, 0.4) is 0 Å². The molecule has 1 aromatic heterocycles. The van der Waals surface area contributed by atoms with Crippen LogP contribution in [-0.4, -0.2) is 36.1 Å². The minimum absolute atomic E-state index is 0.0975. The van der Waals surface area contributed by atoms with Crippen LogP contribution in [0.4, 0.5) is 5.82 Å². The van der Waals surface area contributed by atoms with Gasteiger partial charge in [-0.2, -0.15) is 11.8 Å². The molecule has 19 heavy (non-hydrogen) atoms. The summed E-state index contributed by atoms with van der Waals surface area (Å²) < 4.78 is 0. The van der Waals surface area contributed by atoms with Crippen molar-refractivity contribution in [2.75, 3.05) is 30.5 Å². The van der Waals surface area contributed by atoms with Gasteiger partial charge in [0.05, 0.1) is 5.02 Å². The fourth-order valence-electron chi connectivity index (χ4n) is 1.55. The summed E-state index contributed by atoms with van der Waals surface area (Å²) in [6.45, 7) is 8.17. The molecule has 0 aliphatic heterocycles. The van der Waals surface area contributed by atoms with E-state index in [1.54, 1.807) is 0 Å². The highest BCUT2D eigenvalue weighted by Gasteiger charge is 2.11. The van der Waals surface area contributed by atoms with E-state index in [0.717, 1.165) is 35.2 Å². The Kier molecular flexibility index (Phi) is 6.43. The van der Waals surface area contributed by atoms with E-state index in [1.165, 1.54) is 0 Å². The molecular weight excluding hydrogens is 278 g/mol. The lowest BCUT2D eigenvalue weighted by atomic mass is 10.1. The standard InChI is InChI=1S/C14H24ClN3S/c1-14(2,3)17-10-11-8-12(15)13(16-9-11)18(4)6-7-19-5/h8-9,17H,6-7,10H2,1-5H3. The van der Waals surface area contributed by atoms with Crippen molar-refractivity contribution in [3.63, 3.8) is 0 Å². The zero-order valence-electron chi connectivity index (χ0n) is 12.5. The van der Waals surface area contributed by atoms with Crippen molar-refractivity contribution in [2.45, 2.75) is 32.9 Å². The highest BCUT2D eigenvalue weighted by molar-refractivity contribution is 7.98. The summed E-state index contributed by atoms with van der Waals surface area (Å²) in [5.74, 6) is 1.93. The maximum Gasteiger partial charge on any atom is 0.147 e. The Morgan fingerprint density at radius 2 is 2.11 bits per heavy atom. The first-order valence-electron chi connectivity index (χ1n) is 6.43. The van der Waals surface area contributed by atoms with Crippen molar-refractivity contribution in [1.82, 2.24) is 10.3 Å². The molecule has 0 bridgehead atoms. The van der Waals surface area contributed by atoms with Gasteiger partial charge >= 0.3 is 0 Å². The summed E-state index contributed by atoms with van der Waals surface area (Å²) in [5, 5.41) is 4.15. The van der Waals surface area contributed by atoms with Gasteiger partial charge < -0.3 is 10.2 Å². The van der Waals surface area contributed by atoms with Gasteiger partial charge in [-0.15, -0.1) is 0 Å². The van der Waals surface area contributed by atoms with Crippen LogP contribution in [0, 0.1) is 0 Å². The smallest absolute Gasteiger partial charge is 0.147 e. The molecule has 0 saturated carbocycles. The Morgan fingerprint density at radius 3 is 2.63 bits per heavy atom. The van der Waals surface area contributed by atoms with Crippen LogP contribution in [0.15, 0.2) is 12.3 Å². The van der Waals surface area contributed by atoms with Gasteiger partial charge in [0, 0.05) is 37.6 Å². The van der Waals surface area contributed by atoms with Crippen LogP contribution < -0.4 is 10.2 Å². The predicted molar refractivity (Wildman–Crippen MR) is 87.5 cm³/mol. The number of halogens is 1. The lowest BCUT2D eigenvalue weighted by Crippen LogP contribution is -2.35. The van der Waals surface area contributed by atoms with E-state index in [4.69, 9.17) is 11.6 Å². The highest BCUT2D eigenvalue weighted by Crippen LogP contribution is 2.23. The quantitative estimate of drug-likeness (QED) is 0.871. The van der Waals surface area contributed by atoms with Crippen LogP contribution in [0.5, 0.6) is 0 Å². The first-order chi connectivity index (χ1) is 8.83. The van der Waals surface area contributed by atoms with E-state index < -0.39 is 0 Å². The summed E-state index contributed by atoms with van der Waals surface area (Å²) in [7, 11) is 2.03. The van der Waals surface area contributed by atoms with E-state index in [-0.39, 0.29) is 5.54 Å². The van der Waals surface area contributed by atoms with E-state index in [1.807, 2.05) is 31.1 Å². The molecule has 1 heterocycles. The van der Waals surface area contributed by atoms with Crippen molar-refractivity contribution in [3.8, 4) is 0 Å². The van der Waals surface area contributed by atoms with Crippen molar-refractivity contribution >= 4 is 29.2 Å².